The highest BCUT2D eigenvalue weighted by atomic mass is 35.5. The Balaban J connectivity index is 2.86. The van der Waals surface area contributed by atoms with Gasteiger partial charge in [-0.05, 0) is 23.8 Å². The summed E-state index contributed by atoms with van der Waals surface area (Å²) in [7, 11) is 0. The summed E-state index contributed by atoms with van der Waals surface area (Å²) in [6.07, 6.45) is -8.29. The number of rotatable bonds is 2. The molecule has 0 saturated carbocycles. The normalized spacial score (nSPS) is 12.0. The molecule has 2 aromatic rings. The standard InChI is InChI=1S/C14H6Cl3F5/c15-8-4-5-9(16)12(17)11(8)6-2-1-3-7(14(20,21)22)10(6)13(18)19/h1-5,13H. The average Bonchev–Trinajstić information content (AvgIpc) is 2.42. The minimum absolute atomic E-state index is 0.00121. The zero-order valence-electron chi connectivity index (χ0n) is 10.5. The molecule has 0 unspecified atom stereocenters. The maximum absolute atomic E-state index is 13.2. The van der Waals surface area contributed by atoms with Gasteiger partial charge in [0.05, 0.1) is 20.6 Å². The molecule has 22 heavy (non-hydrogen) atoms. The van der Waals surface area contributed by atoms with Crippen molar-refractivity contribution in [3.63, 3.8) is 0 Å². The van der Waals surface area contributed by atoms with Gasteiger partial charge in [-0.2, -0.15) is 13.2 Å². The van der Waals surface area contributed by atoms with E-state index in [1.807, 2.05) is 0 Å². The molecule has 0 aliphatic rings. The Hall–Kier alpha value is -1.04. The van der Waals surface area contributed by atoms with E-state index in [4.69, 9.17) is 34.8 Å². The molecule has 0 saturated heterocycles. The maximum atomic E-state index is 13.2. The van der Waals surface area contributed by atoms with Crippen LogP contribution in [0.15, 0.2) is 30.3 Å². The van der Waals surface area contributed by atoms with Gasteiger partial charge in [0.15, 0.2) is 0 Å². The Morgan fingerprint density at radius 1 is 0.864 bits per heavy atom. The highest BCUT2D eigenvalue weighted by molar-refractivity contribution is 6.46. The average molecular weight is 376 g/mol. The number of halogens is 8. The van der Waals surface area contributed by atoms with E-state index in [-0.39, 0.29) is 20.6 Å². The molecule has 118 valence electrons. The highest BCUT2D eigenvalue weighted by Gasteiger charge is 2.37. The van der Waals surface area contributed by atoms with Crippen molar-refractivity contribution in [2.45, 2.75) is 12.6 Å². The van der Waals surface area contributed by atoms with Crippen LogP contribution in [-0.2, 0) is 6.18 Å². The molecule has 0 aromatic heterocycles. The maximum Gasteiger partial charge on any atom is 0.416 e. The van der Waals surface area contributed by atoms with Crippen molar-refractivity contribution in [3.05, 3.63) is 56.5 Å². The molecule has 0 nitrogen and oxygen atoms in total. The van der Waals surface area contributed by atoms with E-state index in [0.29, 0.717) is 6.07 Å². The summed E-state index contributed by atoms with van der Waals surface area (Å²) in [6, 6.07) is 5.29. The van der Waals surface area contributed by atoms with Crippen molar-refractivity contribution in [1.82, 2.24) is 0 Å². The lowest BCUT2D eigenvalue weighted by Crippen LogP contribution is -2.10. The summed E-state index contributed by atoms with van der Waals surface area (Å²) in [5.41, 5.74) is -3.17. The Bertz CT molecular complexity index is 710. The van der Waals surface area contributed by atoms with Crippen molar-refractivity contribution < 1.29 is 22.0 Å². The predicted octanol–water partition coefficient (Wildman–Crippen LogP) is 7.27. The van der Waals surface area contributed by atoms with Crippen LogP contribution in [0.3, 0.4) is 0 Å². The first kappa shape index (κ1) is 17.3. The second kappa shape index (κ2) is 6.22. The molecule has 2 rings (SSSR count). The minimum atomic E-state index is -4.93. The lowest BCUT2D eigenvalue weighted by atomic mass is 9.95. The first-order valence-corrected chi connectivity index (χ1v) is 6.90. The van der Waals surface area contributed by atoms with Crippen LogP contribution < -0.4 is 0 Å². The molecule has 0 spiro atoms. The van der Waals surface area contributed by atoms with Crippen molar-refractivity contribution >= 4 is 34.8 Å². The molecule has 0 radical (unpaired) electrons. The van der Waals surface area contributed by atoms with Crippen LogP contribution in [-0.4, -0.2) is 0 Å². The summed E-state index contributed by atoms with van der Waals surface area (Å²) < 4.78 is 65.4. The fraction of sp³-hybridized carbons (Fsp3) is 0.143. The van der Waals surface area contributed by atoms with E-state index in [2.05, 4.69) is 0 Å². The third-order valence-corrected chi connectivity index (χ3v) is 4.06. The fourth-order valence-corrected chi connectivity index (χ4v) is 2.77. The molecular weight excluding hydrogens is 370 g/mol. The molecule has 2 aromatic carbocycles. The van der Waals surface area contributed by atoms with Gasteiger partial charge < -0.3 is 0 Å². The van der Waals surface area contributed by atoms with Crippen LogP contribution in [0.2, 0.25) is 15.1 Å². The number of hydrogen-bond acceptors (Lipinski definition) is 0. The molecular formula is C14H6Cl3F5. The lowest BCUT2D eigenvalue weighted by molar-refractivity contribution is -0.139. The zero-order chi connectivity index (χ0) is 16.7. The van der Waals surface area contributed by atoms with E-state index in [9.17, 15) is 22.0 Å². The number of alkyl halides is 5. The van der Waals surface area contributed by atoms with Gasteiger partial charge in [0.1, 0.15) is 0 Å². The van der Waals surface area contributed by atoms with Gasteiger partial charge in [-0.15, -0.1) is 0 Å². The first-order valence-electron chi connectivity index (χ1n) is 5.76. The molecule has 0 heterocycles. The van der Waals surface area contributed by atoms with Gasteiger partial charge in [0.25, 0.3) is 6.43 Å². The Morgan fingerprint density at radius 2 is 1.45 bits per heavy atom. The van der Waals surface area contributed by atoms with Gasteiger partial charge in [-0.25, -0.2) is 8.78 Å². The predicted molar refractivity (Wildman–Crippen MR) is 76.9 cm³/mol. The summed E-state index contributed by atoms with van der Waals surface area (Å²) in [6.45, 7) is 0. The number of benzene rings is 2. The quantitative estimate of drug-likeness (QED) is 0.382. The van der Waals surface area contributed by atoms with Crippen LogP contribution in [0.1, 0.15) is 17.6 Å². The molecule has 0 fully saturated rings. The molecule has 0 N–H and O–H groups in total. The second-order valence-corrected chi connectivity index (χ2v) is 5.48. The topological polar surface area (TPSA) is 0 Å². The van der Waals surface area contributed by atoms with Gasteiger partial charge in [0.2, 0.25) is 0 Å². The third kappa shape index (κ3) is 3.16. The van der Waals surface area contributed by atoms with E-state index >= 15 is 0 Å². The Labute approximate surface area is 137 Å². The van der Waals surface area contributed by atoms with E-state index in [1.165, 1.54) is 12.1 Å². The second-order valence-electron chi connectivity index (χ2n) is 4.28. The SMILES string of the molecule is FC(F)c1c(-c2c(Cl)ccc(Cl)c2Cl)cccc1C(F)(F)F. The van der Waals surface area contributed by atoms with Gasteiger partial charge in [-0.1, -0.05) is 46.9 Å². The molecule has 0 amide bonds. The van der Waals surface area contributed by atoms with Gasteiger partial charge >= 0.3 is 6.18 Å². The fourth-order valence-electron chi connectivity index (χ4n) is 2.04. The summed E-state index contributed by atoms with van der Waals surface area (Å²) >= 11 is 17.6. The highest BCUT2D eigenvalue weighted by Crippen LogP contribution is 2.46. The van der Waals surface area contributed by atoms with Gasteiger partial charge in [0, 0.05) is 11.1 Å². The monoisotopic (exact) mass is 374 g/mol. The van der Waals surface area contributed by atoms with Crippen molar-refractivity contribution in [2.24, 2.45) is 0 Å². The minimum Gasteiger partial charge on any atom is -0.205 e. The summed E-state index contributed by atoms with van der Waals surface area (Å²) in [4.78, 5) is 0. The summed E-state index contributed by atoms with van der Waals surface area (Å²) in [5, 5.41) is -0.260. The Morgan fingerprint density at radius 3 is 2.00 bits per heavy atom. The van der Waals surface area contributed by atoms with Crippen LogP contribution in [0.5, 0.6) is 0 Å². The van der Waals surface area contributed by atoms with Crippen LogP contribution >= 0.6 is 34.8 Å². The third-order valence-electron chi connectivity index (χ3n) is 2.94. The van der Waals surface area contributed by atoms with Crippen LogP contribution in [0, 0.1) is 0 Å². The smallest absolute Gasteiger partial charge is 0.205 e. The lowest BCUT2D eigenvalue weighted by Gasteiger charge is -2.18. The largest absolute Gasteiger partial charge is 0.416 e. The van der Waals surface area contributed by atoms with Crippen molar-refractivity contribution in [1.29, 1.82) is 0 Å². The van der Waals surface area contributed by atoms with Crippen molar-refractivity contribution in [2.75, 3.05) is 0 Å². The van der Waals surface area contributed by atoms with Crippen LogP contribution in [0.4, 0.5) is 22.0 Å². The summed E-state index contributed by atoms with van der Waals surface area (Å²) in [5.74, 6) is 0. The molecule has 0 aliphatic carbocycles. The molecule has 0 atom stereocenters. The van der Waals surface area contributed by atoms with Crippen molar-refractivity contribution in [3.8, 4) is 11.1 Å². The molecule has 0 aliphatic heterocycles. The zero-order valence-corrected chi connectivity index (χ0v) is 12.8. The van der Waals surface area contributed by atoms with Gasteiger partial charge in [-0.3, -0.25) is 0 Å². The molecule has 0 bridgehead atoms. The first-order chi connectivity index (χ1) is 10.1. The molecule has 8 heteroatoms. The Kier molecular flexibility index (Phi) is 4.90. The van der Waals surface area contributed by atoms with E-state index in [1.54, 1.807) is 0 Å². The number of hydrogen-bond donors (Lipinski definition) is 0. The van der Waals surface area contributed by atoms with Crippen LogP contribution in [0.25, 0.3) is 11.1 Å². The van der Waals surface area contributed by atoms with E-state index < -0.39 is 29.3 Å². The van der Waals surface area contributed by atoms with E-state index in [0.717, 1.165) is 12.1 Å².